The van der Waals surface area contributed by atoms with Crippen molar-refractivity contribution in [1.29, 1.82) is 0 Å². The van der Waals surface area contributed by atoms with Gasteiger partial charge in [0.25, 0.3) is 0 Å². The van der Waals surface area contributed by atoms with E-state index in [1.165, 1.54) is 0 Å². The molecule has 0 saturated heterocycles. The van der Waals surface area contributed by atoms with Gasteiger partial charge in [0.15, 0.2) is 5.92 Å². The third-order valence-electron chi connectivity index (χ3n) is 5.50. The molecule has 2 atom stereocenters. The number of carboxylic acids is 1. The van der Waals surface area contributed by atoms with Crippen molar-refractivity contribution in [2.24, 2.45) is 11.7 Å². The van der Waals surface area contributed by atoms with Crippen molar-refractivity contribution in [2.75, 3.05) is 6.61 Å². The smallest absolute Gasteiger partial charge is 0.322 e. The summed E-state index contributed by atoms with van der Waals surface area (Å²) in [6.07, 6.45) is 0. The van der Waals surface area contributed by atoms with E-state index in [0.29, 0.717) is 10.0 Å². The van der Waals surface area contributed by atoms with Crippen molar-refractivity contribution in [3.05, 3.63) is 94.0 Å². The molecule has 1 unspecified atom stereocenters. The highest BCUT2D eigenvalue weighted by atomic mass is 79.9. The summed E-state index contributed by atoms with van der Waals surface area (Å²) in [5.41, 5.74) is 11.0. The van der Waals surface area contributed by atoms with Crippen molar-refractivity contribution >= 4 is 27.9 Å². The fourth-order valence-electron chi connectivity index (χ4n) is 4.02. The summed E-state index contributed by atoms with van der Waals surface area (Å²) in [5.74, 6) is -3.80. The molecule has 0 bridgehead atoms. The van der Waals surface area contributed by atoms with Gasteiger partial charge in [0.05, 0.1) is 6.04 Å². The number of halogens is 1. The highest BCUT2D eigenvalue weighted by molar-refractivity contribution is 9.10. The Bertz CT molecular complexity index is 1070. The normalized spacial score (nSPS) is 14.5. The van der Waals surface area contributed by atoms with Crippen LogP contribution < -0.4 is 5.73 Å². The largest absolute Gasteiger partial charge is 0.481 e. The molecule has 3 aromatic carbocycles. The number of benzene rings is 3. The van der Waals surface area contributed by atoms with Gasteiger partial charge < -0.3 is 15.6 Å². The minimum atomic E-state index is -1.50. The molecule has 30 heavy (non-hydrogen) atoms. The molecular formula is C24H20BrNO4. The van der Waals surface area contributed by atoms with Crippen LogP contribution in [0.2, 0.25) is 0 Å². The van der Waals surface area contributed by atoms with Crippen molar-refractivity contribution < 1.29 is 19.4 Å². The van der Waals surface area contributed by atoms with Crippen LogP contribution in [0.3, 0.4) is 0 Å². The quantitative estimate of drug-likeness (QED) is 0.412. The van der Waals surface area contributed by atoms with Gasteiger partial charge in [0, 0.05) is 10.4 Å². The van der Waals surface area contributed by atoms with Gasteiger partial charge in [-0.25, -0.2) is 0 Å². The molecule has 0 saturated carbocycles. The number of carbonyl (C=O) groups is 2. The van der Waals surface area contributed by atoms with Gasteiger partial charge in [-0.3, -0.25) is 9.59 Å². The number of aliphatic carboxylic acids is 1. The molecule has 3 aromatic rings. The van der Waals surface area contributed by atoms with Crippen LogP contribution in [0.25, 0.3) is 11.1 Å². The number of hydrogen-bond acceptors (Lipinski definition) is 4. The Morgan fingerprint density at radius 2 is 1.47 bits per heavy atom. The van der Waals surface area contributed by atoms with Crippen LogP contribution in [0.4, 0.5) is 0 Å². The zero-order valence-electron chi connectivity index (χ0n) is 16.0. The lowest BCUT2D eigenvalue weighted by Crippen LogP contribution is -2.36. The first kappa shape index (κ1) is 20.3. The number of esters is 1. The van der Waals surface area contributed by atoms with Gasteiger partial charge in [0.1, 0.15) is 6.61 Å². The number of ether oxygens (including phenoxy) is 1. The van der Waals surface area contributed by atoms with Crippen LogP contribution in [0.15, 0.2) is 77.3 Å². The number of carboxylic acid groups (broad SMARTS) is 1. The van der Waals surface area contributed by atoms with Crippen molar-refractivity contribution in [3.63, 3.8) is 0 Å². The molecule has 4 rings (SSSR count). The molecule has 0 radical (unpaired) electrons. The Morgan fingerprint density at radius 3 is 2.03 bits per heavy atom. The highest BCUT2D eigenvalue weighted by Gasteiger charge is 2.37. The Kier molecular flexibility index (Phi) is 5.70. The van der Waals surface area contributed by atoms with Crippen LogP contribution in [0.1, 0.15) is 28.7 Å². The second-order valence-electron chi connectivity index (χ2n) is 7.22. The van der Waals surface area contributed by atoms with E-state index in [-0.39, 0.29) is 12.5 Å². The summed E-state index contributed by atoms with van der Waals surface area (Å²) in [6, 6.07) is 21.9. The van der Waals surface area contributed by atoms with E-state index in [1.807, 2.05) is 48.5 Å². The Balaban J connectivity index is 1.56. The summed E-state index contributed by atoms with van der Waals surface area (Å²) in [4.78, 5) is 24.7. The fraction of sp³-hybridized carbons (Fsp3) is 0.167. The molecule has 0 spiro atoms. The molecule has 3 N–H and O–H groups in total. The summed E-state index contributed by atoms with van der Waals surface area (Å²) in [7, 11) is 0. The Labute approximate surface area is 182 Å². The average molecular weight is 466 g/mol. The molecule has 1 aliphatic carbocycles. The lowest BCUT2D eigenvalue weighted by molar-refractivity contribution is -0.160. The summed E-state index contributed by atoms with van der Waals surface area (Å²) in [6.45, 7) is 0.0549. The van der Waals surface area contributed by atoms with Gasteiger partial charge in [-0.1, -0.05) is 82.7 Å². The summed E-state index contributed by atoms with van der Waals surface area (Å²) in [5, 5.41) is 9.68. The second-order valence-corrected chi connectivity index (χ2v) is 8.07. The zero-order valence-corrected chi connectivity index (χ0v) is 17.6. The molecule has 0 aliphatic heterocycles. The van der Waals surface area contributed by atoms with Crippen LogP contribution in [0, 0.1) is 5.92 Å². The maximum absolute atomic E-state index is 12.8. The maximum Gasteiger partial charge on any atom is 0.322 e. The van der Waals surface area contributed by atoms with Gasteiger partial charge in [0.2, 0.25) is 0 Å². The van der Waals surface area contributed by atoms with Crippen molar-refractivity contribution in [2.45, 2.75) is 12.0 Å². The zero-order chi connectivity index (χ0) is 21.3. The molecule has 5 nitrogen and oxygen atoms in total. The van der Waals surface area contributed by atoms with E-state index in [9.17, 15) is 14.7 Å². The van der Waals surface area contributed by atoms with Crippen molar-refractivity contribution in [3.8, 4) is 11.1 Å². The minimum Gasteiger partial charge on any atom is -0.481 e. The first-order chi connectivity index (χ1) is 14.5. The Morgan fingerprint density at radius 1 is 0.933 bits per heavy atom. The molecule has 0 aromatic heterocycles. The first-order valence-electron chi connectivity index (χ1n) is 9.56. The van der Waals surface area contributed by atoms with Gasteiger partial charge in [-0.05, 0) is 33.9 Å². The van der Waals surface area contributed by atoms with E-state index in [4.69, 9.17) is 10.5 Å². The SMILES string of the molecule is NC(c1ccccc1Br)[C@@H](C(=O)O)C(=O)OCC1c2ccccc2-c2ccccc21. The van der Waals surface area contributed by atoms with E-state index >= 15 is 0 Å². The summed E-state index contributed by atoms with van der Waals surface area (Å²) >= 11 is 3.37. The van der Waals surface area contributed by atoms with Crippen molar-refractivity contribution in [1.82, 2.24) is 0 Å². The molecule has 1 aliphatic rings. The van der Waals surface area contributed by atoms with Gasteiger partial charge in [-0.2, -0.15) is 0 Å². The third kappa shape index (κ3) is 3.64. The fourth-order valence-corrected chi connectivity index (χ4v) is 4.57. The number of fused-ring (bicyclic) bond motifs is 3. The molecular weight excluding hydrogens is 446 g/mol. The van der Waals surface area contributed by atoms with E-state index in [2.05, 4.69) is 15.9 Å². The number of hydrogen-bond donors (Lipinski definition) is 2. The van der Waals surface area contributed by atoms with Crippen LogP contribution in [-0.2, 0) is 14.3 Å². The van der Waals surface area contributed by atoms with E-state index < -0.39 is 23.9 Å². The maximum atomic E-state index is 12.8. The average Bonchev–Trinajstić information content (AvgIpc) is 3.06. The first-order valence-corrected chi connectivity index (χ1v) is 10.4. The lowest BCUT2D eigenvalue weighted by atomic mass is 9.93. The predicted molar refractivity (Wildman–Crippen MR) is 117 cm³/mol. The Hall–Kier alpha value is -2.96. The number of nitrogens with two attached hydrogens (primary N) is 1. The second kappa shape index (κ2) is 8.42. The highest BCUT2D eigenvalue weighted by Crippen LogP contribution is 2.44. The molecule has 0 amide bonds. The van der Waals surface area contributed by atoms with Crippen LogP contribution in [0.5, 0.6) is 0 Å². The predicted octanol–water partition coefficient (Wildman–Crippen LogP) is 4.51. The van der Waals surface area contributed by atoms with E-state index in [1.54, 1.807) is 24.3 Å². The van der Waals surface area contributed by atoms with E-state index in [0.717, 1.165) is 22.3 Å². The van der Waals surface area contributed by atoms with Crippen LogP contribution in [-0.4, -0.2) is 23.7 Å². The molecule has 152 valence electrons. The topological polar surface area (TPSA) is 89.6 Å². The molecule has 0 heterocycles. The minimum absolute atomic E-state index is 0.0549. The molecule has 6 heteroatoms. The standard InChI is InChI=1S/C24H20BrNO4/c25-20-12-6-5-11-18(20)22(26)21(23(27)28)24(29)30-13-19-16-9-3-1-7-14(16)15-8-2-4-10-17(15)19/h1-12,19,21-22H,13,26H2,(H,27,28)/t21-,22?/m0/s1. The van der Waals surface area contributed by atoms with Gasteiger partial charge >= 0.3 is 11.9 Å². The molecule has 0 fully saturated rings. The number of carbonyl (C=O) groups excluding carboxylic acids is 1. The third-order valence-corrected chi connectivity index (χ3v) is 6.22. The number of rotatable bonds is 6. The lowest BCUT2D eigenvalue weighted by Gasteiger charge is -2.22. The van der Waals surface area contributed by atoms with Gasteiger partial charge in [-0.15, -0.1) is 0 Å². The summed E-state index contributed by atoms with van der Waals surface area (Å²) < 4.78 is 6.18. The van der Waals surface area contributed by atoms with Crippen LogP contribution >= 0.6 is 15.9 Å². The monoisotopic (exact) mass is 465 g/mol.